The molecule has 0 aliphatic carbocycles. The van der Waals surface area contributed by atoms with Crippen molar-refractivity contribution in [3.8, 4) is 22.1 Å². The fourth-order valence-corrected chi connectivity index (χ4v) is 4.34. The molecular weight excluding hydrogens is 502 g/mol. The van der Waals surface area contributed by atoms with Gasteiger partial charge in [-0.3, -0.25) is 19.3 Å². The van der Waals surface area contributed by atoms with Crippen LogP contribution in [-0.2, 0) is 11.3 Å². The number of carbonyl (C=O) groups excluding carboxylic acids is 1. The Labute approximate surface area is 214 Å². The molecule has 4 rings (SSSR count). The largest absolute Gasteiger partial charge is 0.486 e. The summed E-state index contributed by atoms with van der Waals surface area (Å²) in [7, 11) is 0. The van der Waals surface area contributed by atoms with E-state index in [-0.39, 0.29) is 35.9 Å². The summed E-state index contributed by atoms with van der Waals surface area (Å²) in [5.41, 5.74) is 2.11. The average molecular weight is 525 g/mol. The van der Waals surface area contributed by atoms with Gasteiger partial charge in [-0.2, -0.15) is 0 Å². The van der Waals surface area contributed by atoms with Gasteiger partial charge in [-0.25, -0.2) is 18.6 Å². The van der Waals surface area contributed by atoms with Crippen molar-refractivity contribution in [2.45, 2.75) is 27.4 Å². The van der Waals surface area contributed by atoms with E-state index in [1.54, 1.807) is 37.6 Å². The van der Waals surface area contributed by atoms with E-state index in [1.807, 2.05) is 6.92 Å². The Kier molecular flexibility index (Phi) is 7.53. The Bertz CT molecular complexity index is 1560. The molecule has 4 aromatic rings. The quantitative estimate of drug-likeness (QED) is 0.298. The number of hydrogen-bond acceptors (Lipinski definition) is 8. The van der Waals surface area contributed by atoms with Crippen LogP contribution in [0.15, 0.2) is 47.3 Å². The van der Waals surface area contributed by atoms with Gasteiger partial charge >= 0.3 is 5.97 Å². The maximum atomic E-state index is 14.0. The first-order valence-corrected chi connectivity index (χ1v) is 12.0. The summed E-state index contributed by atoms with van der Waals surface area (Å²) >= 11 is 1.23. The van der Waals surface area contributed by atoms with Gasteiger partial charge in [0.15, 0.2) is 11.5 Å². The third kappa shape index (κ3) is 5.31. The molecule has 0 saturated carbocycles. The van der Waals surface area contributed by atoms with Crippen LogP contribution >= 0.6 is 11.3 Å². The van der Waals surface area contributed by atoms with Gasteiger partial charge in [0.1, 0.15) is 34.6 Å². The summed E-state index contributed by atoms with van der Waals surface area (Å²) in [6, 6.07) is 4.05. The summed E-state index contributed by atoms with van der Waals surface area (Å²) < 4.78 is 39.3. The van der Waals surface area contributed by atoms with Crippen molar-refractivity contribution in [1.82, 2.24) is 19.5 Å². The van der Waals surface area contributed by atoms with E-state index in [0.29, 0.717) is 28.1 Å². The third-order valence-electron chi connectivity index (χ3n) is 5.37. The Hall–Kier alpha value is -4.25. The van der Waals surface area contributed by atoms with E-state index in [2.05, 4.69) is 21.5 Å². The molecule has 4 aromatic heterocycles. The number of carbonyl (C=O) groups is 1. The molecule has 11 heteroatoms. The molecule has 8 nitrogen and oxygen atoms in total. The zero-order chi connectivity index (χ0) is 26.7. The van der Waals surface area contributed by atoms with Crippen LogP contribution in [0.2, 0.25) is 0 Å². The molecule has 4 heterocycles. The van der Waals surface area contributed by atoms with Crippen molar-refractivity contribution >= 4 is 23.4 Å². The number of thiazole rings is 1. The van der Waals surface area contributed by atoms with Gasteiger partial charge in [0.25, 0.3) is 5.56 Å². The monoisotopic (exact) mass is 524 g/mol. The molecule has 0 saturated heterocycles. The second-order valence-corrected chi connectivity index (χ2v) is 8.75. The van der Waals surface area contributed by atoms with Gasteiger partial charge in [0.2, 0.25) is 0 Å². The van der Waals surface area contributed by atoms with Gasteiger partial charge in [-0.15, -0.1) is 11.3 Å². The lowest BCUT2D eigenvalue weighted by Crippen LogP contribution is -2.24. The molecule has 190 valence electrons. The minimum Gasteiger partial charge on any atom is -0.486 e. The SMILES string of the molecule is C=Cc1c(OCc2ncc(F)cc2F)cc(C)n(-c2cc(-c3nc(C(=O)OCC)cs3)ncc2C)c1=O. The molecule has 0 aliphatic rings. The topological polar surface area (TPSA) is 96.2 Å². The summed E-state index contributed by atoms with van der Waals surface area (Å²) in [6.45, 7) is 8.90. The normalized spacial score (nSPS) is 10.8. The zero-order valence-electron chi connectivity index (χ0n) is 20.2. The lowest BCUT2D eigenvalue weighted by molar-refractivity contribution is 0.0520. The first-order valence-electron chi connectivity index (χ1n) is 11.1. The maximum Gasteiger partial charge on any atom is 0.357 e. The van der Waals surface area contributed by atoms with Crippen LogP contribution < -0.4 is 10.3 Å². The van der Waals surface area contributed by atoms with E-state index in [1.165, 1.54) is 22.0 Å². The van der Waals surface area contributed by atoms with E-state index in [9.17, 15) is 18.4 Å². The van der Waals surface area contributed by atoms with E-state index < -0.39 is 23.2 Å². The van der Waals surface area contributed by atoms with Gasteiger partial charge in [0.05, 0.1) is 24.1 Å². The Morgan fingerprint density at radius 2 is 1.97 bits per heavy atom. The predicted octanol–water partition coefficient (Wildman–Crippen LogP) is 5.04. The molecule has 0 spiro atoms. The summed E-state index contributed by atoms with van der Waals surface area (Å²) in [5, 5.41) is 2.08. The first kappa shape index (κ1) is 25.8. The van der Waals surface area contributed by atoms with Gasteiger partial charge in [0, 0.05) is 29.4 Å². The number of halogens is 2. The van der Waals surface area contributed by atoms with Crippen LogP contribution in [0.4, 0.5) is 8.78 Å². The average Bonchev–Trinajstić information content (AvgIpc) is 3.35. The van der Waals surface area contributed by atoms with E-state index in [4.69, 9.17) is 9.47 Å². The number of ether oxygens (including phenoxy) is 2. The second kappa shape index (κ2) is 10.8. The minimum absolute atomic E-state index is 0.0986. The van der Waals surface area contributed by atoms with Crippen LogP contribution in [0.25, 0.3) is 22.5 Å². The molecule has 0 atom stereocenters. The minimum atomic E-state index is -0.849. The molecule has 37 heavy (non-hydrogen) atoms. The summed E-state index contributed by atoms with van der Waals surface area (Å²) in [5.74, 6) is -1.98. The highest BCUT2D eigenvalue weighted by molar-refractivity contribution is 7.13. The number of pyridine rings is 3. The van der Waals surface area contributed by atoms with Crippen molar-refractivity contribution in [3.05, 3.63) is 92.7 Å². The second-order valence-electron chi connectivity index (χ2n) is 7.89. The molecular formula is C26H22F2N4O4S. The fraction of sp³-hybridized carbons (Fsp3) is 0.192. The van der Waals surface area contributed by atoms with Crippen molar-refractivity contribution in [3.63, 3.8) is 0 Å². The molecule has 0 unspecified atom stereocenters. The molecule has 0 amide bonds. The highest BCUT2D eigenvalue weighted by Crippen LogP contribution is 2.27. The van der Waals surface area contributed by atoms with Crippen LogP contribution in [0.5, 0.6) is 5.75 Å². The Morgan fingerprint density at radius 3 is 2.68 bits per heavy atom. The van der Waals surface area contributed by atoms with Crippen molar-refractivity contribution in [1.29, 1.82) is 0 Å². The molecule has 0 bridgehead atoms. The predicted molar refractivity (Wildman–Crippen MR) is 135 cm³/mol. The van der Waals surface area contributed by atoms with Crippen molar-refractivity contribution in [2.24, 2.45) is 0 Å². The van der Waals surface area contributed by atoms with Gasteiger partial charge in [-0.1, -0.05) is 12.7 Å². The van der Waals surface area contributed by atoms with Crippen LogP contribution in [0.1, 0.15) is 39.9 Å². The van der Waals surface area contributed by atoms with E-state index >= 15 is 0 Å². The Morgan fingerprint density at radius 1 is 1.19 bits per heavy atom. The zero-order valence-corrected chi connectivity index (χ0v) is 21.1. The molecule has 0 fully saturated rings. The summed E-state index contributed by atoms with van der Waals surface area (Å²) in [4.78, 5) is 37.9. The number of aryl methyl sites for hydroxylation is 2. The lowest BCUT2D eigenvalue weighted by Gasteiger charge is -2.17. The summed E-state index contributed by atoms with van der Waals surface area (Å²) in [6.07, 6.45) is 3.86. The molecule has 0 aromatic carbocycles. The van der Waals surface area contributed by atoms with Crippen molar-refractivity contribution < 1.29 is 23.0 Å². The number of hydrogen-bond donors (Lipinski definition) is 0. The molecule has 0 N–H and O–H groups in total. The molecule has 0 radical (unpaired) electrons. The van der Waals surface area contributed by atoms with Gasteiger partial charge < -0.3 is 9.47 Å². The third-order valence-corrected chi connectivity index (χ3v) is 6.23. The van der Waals surface area contributed by atoms with Gasteiger partial charge in [-0.05, 0) is 32.4 Å². The number of esters is 1. The van der Waals surface area contributed by atoms with Crippen LogP contribution in [0.3, 0.4) is 0 Å². The fourth-order valence-electron chi connectivity index (χ4n) is 3.58. The number of nitrogens with zero attached hydrogens (tertiary/aromatic N) is 4. The number of aromatic nitrogens is 4. The smallest absolute Gasteiger partial charge is 0.357 e. The maximum absolute atomic E-state index is 14.0. The molecule has 0 aliphatic heterocycles. The van der Waals surface area contributed by atoms with E-state index in [0.717, 1.165) is 11.8 Å². The van der Waals surface area contributed by atoms with Crippen molar-refractivity contribution in [2.75, 3.05) is 6.61 Å². The van der Waals surface area contributed by atoms with Crippen LogP contribution in [-0.4, -0.2) is 32.1 Å². The Balaban J connectivity index is 1.71. The highest BCUT2D eigenvalue weighted by Gasteiger charge is 2.19. The standard InChI is InChI=1S/C26H22F2N4O4S/c1-5-17-23(36-12-20-18(28)8-16(27)11-30-20)7-15(4)32(25(17)33)22-9-19(29-10-14(22)3)24-31-21(13-37-24)26(34)35-6-2/h5,7-11,13H,1,6,12H2,2-4H3. The highest BCUT2D eigenvalue weighted by atomic mass is 32.1. The lowest BCUT2D eigenvalue weighted by atomic mass is 10.1. The number of rotatable bonds is 8. The first-order chi connectivity index (χ1) is 17.7. The van der Waals surface area contributed by atoms with Crippen LogP contribution in [0, 0.1) is 25.5 Å².